The molecule has 0 saturated carbocycles. The zero-order chi connectivity index (χ0) is 20.0. The number of benzene rings is 2. The molecular formula is C20H22ClNO5. The highest BCUT2D eigenvalue weighted by molar-refractivity contribution is 6.32. The standard InChI is InChI=1S/C20H22ClNO5/c1-12-6-5-7-17(13(12)2)26-11-19(23)27-14(3)20(24)22-15-8-9-18(25-4)16(21)10-15/h5-10,14H,11H2,1-4H3,(H,22,24)/t14-/m1/s1. The molecule has 2 aromatic rings. The maximum atomic E-state index is 12.2. The van der Waals surface area contributed by atoms with Crippen LogP contribution in [0.3, 0.4) is 0 Å². The molecule has 144 valence electrons. The van der Waals surface area contributed by atoms with Crippen molar-refractivity contribution in [1.82, 2.24) is 0 Å². The summed E-state index contributed by atoms with van der Waals surface area (Å²) in [5, 5.41) is 3.00. The number of aryl methyl sites for hydroxylation is 1. The van der Waals surface area contributed by atoms with E-state index in [0.717, 1.165) is 11.1 Å². The number of anilines is 1. The highest BCUT2D eigenvalue weighted by Crippen LogP contribution is 2.27. The summed E-state index contributed by atoms with van der Waals surface area (Å²) in [6, 6.07) is 10.4. The van der Waals surface area contributed by atoms with Gasteiger partial charge >= 0.3 is 5.97 Å². The molecule has 0 radical (unpaired) electrons. The van der Waals surface area contributed by atoms with Crippen molar-refractivity contribution in [3.8, 4) is 11.5 Å². The van der Waals surface area contributed by atoms with E-state index in [-0.39, 0.29) is 6.61 Å². The van der Waals surface area contributed by atoms with Crippen molar-refractivity contribution >= 4 is 29.2 Å². The van der Waals surface area contributed by atoms with E-state index in [2.05, 4.69) is 5.32 Å². The maximum absolute atomic E-state index is 12.2. The number of hydrogen-bond donors (Lipinski definition) is 1. The van der Waals surface area contributed by atoms with Crippen molar-refractivity contribution in [2.24, 2.45) is 0 Å². The molecule has 0 heterocycles. The van der Waals surface area contributed by atoms with Gasteiger partial charge in [0.2, 0.25) is 0 Å². The van der Waals surface area contributed by atoms with E-state index < -0.39 is 18.0 Å². The summed E-state index contributed by atoms with van der Waals surface area (Å²) in [5.41, 5.74) is 2.49. The molecule has 0 saturated heterocycles. The largest absolute Gasteiger partial charge is 0.495 e. The fraction of sp³-hybridized carbons (Fsp3) is 0.300. The van der Waals surface area contributed by atoms with Crippen LogP contribution < -0.4 is 14.8 Å². The lowest BCUT2D eigenvalue weighted by Gasteiger charge is -2.15. The molecule has 1 N–H and O–H groups in total. The molecule has 1 atom stereocenters. The Balaban J connectivity index is 1.87. The Morgan fingerprint density at radius 1 is 1.15 bits per heavy atom. The van der Waals surface area contributed by atoms with Crippen molar-refractivity contribution in [2.45, 2.75) is 26.9 Å². The van der Waals surface area contributed by atoms with Crippen LogP contribution in [-0.4, -0.2) is 31.7 Å². The molecule has 6 nitrogen and oxygen atoms in total. The van der Waals surface area contributed by atoms with Crippen molar-refractivity contribution in [2.75, 3.05) is 19.0 Å². The van der Waals surface area contributed by atoms with Crippen LogP contribution in [0.5, 0.6) is 11.5 Å². The normalized spacial score (nSPS) is 11.4. The zero-order valence-corrected chi connectivity index (χ0v) is 16.4. The first-order chi connectivity index (χ1) is 12.8. The van der Waals surface area contributed by atoms with E-state index in [0.29, 0.717) is 22.2 Å². The van der Waals surface area contributed by atoms with Gasteiger partial charge in [-0.3, -0.25) is 4.79 Å². The van der Waals surface area contributed by atoms with Crippen LogP contribution in [0.25, 0.3) is 0 Å². The highest BCUT2D eigenvalue weighted by atomic mass is 35.5. The number of carbonyl (C=O) groups excluding carboxylic acids is 2. The summed E-state index contributed by atoms with van der Waals surface area (Å²) < 4.78 is 15.7. The van der Waals surface area contributed by atoms with Crippen molar-refractivity contribution < 1.29 is 23.8 Å². The van der Waals surface area contributed by atoms with Crippen molar-refractivity contribution in [3.63, 3.8) is 0 Å². The van der Waals surface area contributed by atoms with E-state index in [9.17, 15) is 9.59 Å². The minimum Gasteiger partial charge on any atom is -0.495 e. The van der Waals surface area contributed by atoms with Crippen molar-refractivity contribution in [1.29, 1.82) is 0 Å². The Labute approximate surface area is 163 Å². The van der Waals surface area contributed by atoms with Crippen LogP contribution in [-0.2, 0) is 14.3 Å². The predicted molar refractivity (Wildman–Crippen MR) is 104 cm³/mol. The summed E-state index contributed by atoms with van der Waals surface area (Å²) in [5.74, 6) is -0.00250. The fourth-order valence-corrected chi connectivity index (χ4v) is 2.55. The van der Waals surface area contributed by atoms with Crippen LogP contribution in [0.4, 0.5) is 5.69 Å². The highest BCUT2D eigenvalue weighted by Gasteiger charge is 2.19. The molecule has 0 bridgehead atoms. The number of esters is 1. The molecule has 27 heavy (non-hydrogen) atoms. The molecule has 0 aliphatic carbocycles. The van der Waals surface area contributed by atoms with Crippen LogP contribution in [0.15, 0.2) is 36.4 Å². The molecule has 0 spiro atoms. The SMILES string of the molecule is COc1ccc(NC(=O)[C@@H](C)OC(=O)COc2cccc(C)c2C)cc1Cl. The van der Waals surface area contributed by atoms with Gasteiger partial charge in [-0.1, -0.05) is 23.7 Å². The minimum atomic E-state index is -0.986. The number of nitrogens with one attached hydrogen (secondary N) is 1. The third kappa shape index (κ3) is 5.62. The first-order valence-corrected chi connectivity index (χ1v) is 8.72. The molecule has 7 heteroatoms. The molecule has 0 aromatic heterocycles. The number of carbonyl (C=O) groups is 2. The Kier molecular flexibility index (Phi) is 7.07. The molecular weight excluding hydrogens is 370 g/mol. The number of methoxy groups -OCH3 is 1. The molecule has 0 unspecified atom stereocenters. The Hall–Kier alpha value is -2.73. The van der Waals surface area contributed by atoms with Crippen LogP contribution in [0.1, 0.15) is 18.1 Å². The number of amides is 1. The molecule has 2 aromatic carbocycles. The van der Waals surface area contributed by atoms with Crippen LogP contribution >= 0.6 is 11.6 Å². The van der Waals surface area contributed by atoms with Gasteiger partial charge in [0.1, 0.15) is 11.5 Å². The second-order valence-corrected chi connectivity index (χ2v) is 6.36. The topological polar surface area (TPSA) is 73.9 Å². The maximum Gasteiger partial charge on any atom is 0.344 e. The van der Waals surface area contributed by atoms with Crippen molar-refractivity contribution in [3.05, 3.63) is 52.5 Å². The molecule has 2 rings (SSSR count). The van der Waals surface area contributed by atoms with Crippen LogP contribution in [0.2, 0.25) is 5.02 Å². The molecule has 0 fully saturated rings. The van der Waals surface area contributed by atoms with Gasteiger partial charge in [-0.2, -0.15) is 0 Å². The lowest BCUT2D eigenvalue weighted by molar-refractivity contribution is -0.155. The first kappa shape index (κ1) is 20.6. The molecule has 0 aliphatic heterocycles. The summed E-state index contributed by atoms with van der Waals surface area (Å²) >= 11 is 6.02. The zero-order valence-electron chi connectivity index (χ0n) is 15.7. The van der Waals surface area contributed by atoms with Gasteiger partial charge in [-0.15, -0.1) is 0 Å². The van der Waals surface area contributed by atoms with Crippen LogP contribution in [0, 0.1) is 13.8 Å². The van der Waals surface area contributed by atoms with Gasteiger partial charge in [0, 0.05) is 5.69 Å². The summed E-state index contributed by atoms with van der Waals surface area (Å²) in [4.78, 5) is 24.1. The Morgan fingerprint density at radius 2 is 1.89 bits per heavy atom. The molecule has 1 amide bonds. The molecule has 0 aliphatic rings. The Bertz CT molecular complexity index is 837. The second kappa shape index (κ2) is 9.28. The predicted octanol–water partition coefficient (Wildman–Crippen LogP) is 3.91. The average Bonchev–Trinajstić information content (AvgIpc) is 2.63. The number of hydrogen-bond acceptors (Lipinski definition) is 5. The summed E-state index contributed by atoms with van der Waals surface area (Å²) in [7, 11) is 1.50. The van der Waals surface area contributed by atoms with Gasteiger partial charge in [0.15, 0.2) is 12.7 Å². The number of halogens is 1. The average molecular weight is 392 g/mol. The number of ether oxygens (including phenoxy) is 3. The van der Waals surface area contributed by atoms with E-state index in [1.807, 2.05) is 26.0 Å². The van der Waals surface area contributed by atoms with E-state index >= 15 is 0 Å². The third-order valence-corrected chi connectivity index (χ3v) is 4.29. The van der Waals surface area contributed by atoms with E-state index in [4.69, 9.17) is 25.8 Å². The summed E-state index contributed by atoms with van der Waals surface area (Å²) in [6.45, 7) is 5.07. The van der Waals surface area contributed by atoms with E-state index in [1.165, 1.54) is 14.0 Å². The minimum absolute atomic E-state index is 0.281. The first-order valence-electron chi connectivity index (χ1n) is 8.34. The van der Waals surface area contributed by atoms with Gasteiger partial charge in [0.05, 0.1) is 12.1 Å². The van der Waals surface area contributed by atoms with Gasteiger partial charge in [0.25, 0.3) is 5.91 Å². The van der Waals surface area contributed by atoms with Gasteiger partial charge in [-0.25, -0.2) is 4.79 Å². The quantitative estimate of drug-likeness (QED) is 0.724. The van der Waals surface area contributed by atoms with Gasteiger partial charge < -0.3 is 19.5 Å². The second-order valence-electron chi connectivity index (χ2n) is 5.96. The van der Waals surface area contributed by atoms with E-state index in [1.54, 1.807) is 24.3 Å². The lowest BCUT2D eigenvalue weighted by atomic mass is 10.1. The number of rotatable bonds is 7. The monoisotopic (exact) mass is 391 g/mol. The Morgan fingerprint density at radius 3 is 2.56 bits per heavy atom. The summed E-state index contributed by atoms with van der Waals surface area (Å²) in [6.07, 6.45) is -0.986. The van der Waals surface area contributed by atoms with Gasteiger partial charge in [-0.05, 0) is 56.2 Å². The third-order valence-electron chi connectivity index (χ3n) is 4.00. The lowest BCUT2D eigenvalue weighted by Crippen LogP contribution is -2.31. The fourth-order valence-electron chi connectivity index (χ4n) is 2.29. The smallest absolute Gasteiger partial charge is 0.344 e.